The maximum atomic E-state index is 9.87. The van der Waals surface area contributed by atoms with Gasteiger partial charge in [-0.3, -0.25) is 0 Å². The number of allylic oxidation sites excluding steroid dienone is 1. The molecule has 0 unspecified atom stereocenters. The van der Waals surface area contributed by atoms with Crippen LogP contribution < -0.4 is 19.9 Å². The van der Waals surface area contributed by atoms with E-state index < -0.39 is 5.92 Å². The lowest BCUT2D eigenvalue weighted by molar-refractivity contribution is 0.267. The topological polar surface area (TPSA) is 97.7 Å². The van der Waals surface area contributed by atoms with Gasteiger partial charge in [0.2, 0.25) is 5.88 Å². The van der Waals surface area contributed by atoms with E-state index in [1.54, 1.807) is 24.3 Å². The lowest BCUT2D eigenvalue weighted by atomic mass is 9.83. The second kappa shape index (κ2) is 10.1. The predicted molar refractivity (Wildman–Crippen MR) is 134 cm³/mol. The molecule has 0 bridgehead atoms. The molecule has 0 fully saturated rings. The number of nitriles is 1. The van der Waals surface area contributed by atoms with Gasteiger partial charge in [0.15, 0.2) is 11.5 Å². The minimum atomic E-state index is -0.519. The van der Waals surface area contributed by atoms with E-state index in [1.165, 1.54) is 6.07 Å². The summed E-state index contributed by atoms with van der Waals surface area (Å²) in [6, 6.07) is 15.8. The van der Waals surface area contributed by atoms with Crippen molar-refractivity contribution in [1.82, 2.24) is 0 Å². The van der Waals surface area contributed by atoms with Gasteiger partial charge in [-0.25, -0.2) is 0 Å². The van der Waals surface area contributed by atoms with E-state index in [1.807, 2.05) is 25.1 Å². The minimum absolute atomic E-state index is 0.0142. The van der Waals surface area contributed by atoms with Crippen molar-refractivity contribution in [2.45, 2.75) is 19.4 Å². The highest BCUT2D eigenvalue weighted by Gasteiger charge is 2.32. The predicted octanol–water partition coefficient (Wildman–Crippen LogP) is 6.66. The number of benzene rings is 3. The highest BCUT2D eigenvalue weighted by molar-refractivity contribution is 9.10. The number of nitrogens with two attached hydrogens (primary N) is 1. The molecule has 0 saturated heterocycles. The van der Waals surface area contributed by atoms with Gasteiger partial charge in [0.25, 0.3) is 0 Å². The molecule has 0 aromatic heterocycles. The normalized spacial score (nSPS) is 14.7. The summed E-state index contributed by atoms with van der Waals surface area (Å²) in [5.41, 5.74) is 8.59. The summed E-state index contributed by atoms with van der Waals surface area (Å²) in [5.74, 6) is 0.886. The summed E-state index contributed by atoms with van der Waals surface area (Å²) in [5, 5.41) is 20.6. The number of nitrogens with zero attached hydrogens (tertiary/aromatic N) is 1. The fourth-order valence-electron chi connectivity index (χ4n) is 3.73. The zero-order valence-electron chi connectivity index (χ0n) is 17.9. The number of ether oxygens (including phenoxy) is 3. The SMILES string of the molecule is CCOc1cc([C@H]2C(C#N)=C(N)Oc3cc(O)ccc32)cc(Br)c1OCc1ccc(Cl)c(Cl)c1. The average molecular weight is 562 g/mol. The van der Waals surface area contributed by atoms with E-state index in [9.17, 15) is 10.4 Å². The van der Waals surface area contributed by atoms with Crippen molar-refractivity contribution in [2.24, 2.45) is 5.73 Å². The Hall–Kier alpha value is -3.05. The van der Waals surface area contributed by atoms with Crippen molar-refractivity contribution < 1.29 is 19.3 Å². The van der Waals surface area contributed by atoms with Gasteiger partial charge in [-0.15, -0.1) is 0 Å². The molecule has 0 amide bonds. The van der Waals surface area contributed by atoms with E-state index in [2.05, 4.69) is 22.0 Å². The van der Waals surface area contributed by atoms with Gasteiger partial charge < -0.3 is 25.1 Å². The fraction of sp³-hybridized carbons (Fsp3) is 0.160. The number of phenolic OH excluding ortho intramolecular Hbond substituents is 1. The maximum Gasteiger partial charge on any atom is 0.205 e. The van der Waals surface area contributed by atoms with Crippen LogP contribution in [0.2, 0.25) is 10.0 Å². The number of aromatic hydroxyl groups is 1. The monoisotopic (exact) mass is 560 g/mol. The summed E-state index contributed by atoms with van der Waals surface area (Å²) in [4.78, 5) is 0. The molecule has 1 heterocycles. The summed E-state index contributed by atoms with van der Waals surface area (Å²) in [6.07, 6.45) is 0. The molecule has 3 N–H and O–H groups in total. The number of hydrogen-bond acceptors (Lipinski definition) is 6. The van der Waals surface area contributed by atoms with Gasteiger partial charge in [-0.2, -0.15) is 5.26 Å². The van der Waals surface area contributed by atoms with Crippen LogP contribution in [0.15, 0.2) is 64.5 Å². The van der Waals surface area contributed by atoms with Crippen LogP contribution >= 0.6 is 39.1 Å². The Morgan fingerprint density at radius 1 is 1.12 bits per heavy atom. The molecule has 0 saturated carbocycles. The maximum absolute atomic E-state index is 9.87. The third-order valence-electron chi connectivity index (χ3n) is 5.23. The van der Waals surface area contributed by atoms with Gasteiger partial charge in [-0.1, -0.05) is 35.3 Å². The van der Waals surface area contributed by atoms with E-state index >= 15 is 0 Å². The minimum Gasteiger partial charge on any atom is -0.508 e. The fourth-order valence-corrected chi connectivity index (χ4v) is 4.62. The molecule has 1 aliphatic rings. The second-order valence-corrected chi connectivity index (χ2v) is 9.12. The quantitative estimate of drug-likeness (QED) is 0.349. The van der Waals surface area contributed by atoms with E-state index in [-0.39, 0.29) is 23.8 Å². The Kier molecular flexibility index (Phi) is 7.13. The average Bonchev–Trinajstić information content (AvgIpc) is 2.79. The molecular weight excluding hydrogens is 543 g/mol. The summed E-state index contributed by atoms with van der Waals surface area (Å²) >= 11 is 15.7. The number of hydrogen-bond donors (Lipinski definition) is 2. The van der Waals surface area contributed by atoms with Crippen molar-refractivity contribution in [1.29, 1.82) is 5.26 Å². The van der Waals surface area contributed by atoms with E-state index in [4.69, 9.17) is 43.1 Å². The first-order valence-corrected chi connectivity index (χ1v) is 11.8. The molecule has 9 heteroatoms. The number of fused-ring (bicyclic) bond motifs is 1. The Morgan fingerprint density at radius 3 is 2.62 bits per heavy atom. The van der Waals surface area contributed by atoms with Crippen molar-refractivity contribution in [3.05, 3.63) is 91.2 Å². The molecular formula is C25H19BrCl2N2O4. The number of phenols is 1. The lowest BCUT2D eigenvalue weighted by Gasteiger charge is -2.27. The standard InChI is InChI=1S/C25H19BrCl2N2O4/c1-2-32-22-9-14(8-18(26)24(22)33-12-13-3-6-19(27)20(28)7-13)23-16-5-4-15(31)10-21(16)34-25(30)17(23)11-29/h3-10,23,31H,2,12,30H2,1H3/t23-/m1/s1. The second-order valence-electron chi connectivity index (χ2n) is 7.45. The van der Waals surface area contributed by atoms with Crippen LogP contribution in [-0.2, 0) is 6.61 Å². The first-order valence-electron chi connectivity index (χ1n) is 10.3. The zero-order valence-corrected chi connectivity index (χ0v) is 21.0. The van der Waals surface area contributed by atoms with Gasteiger partial charge in [0.1, 0.15) is 29.7 Å². The van der Waals surface area contributed by atoms with Crippen LogP contribution in [0.25, 0.3) is 0 Å². The molecule has 0 radical (unpaired) electrons. The van der Waals surface area contributed by atoms with E-state index in [0.717, 1.165) is 11.1 Å². The highest BCUT2D eigenvalue weighted by Crippen LogP contribution is 2.47. The van der Waals surface area contributed by atoms with Crippen LogP contribution in [0.4, 0.5) is 0 Å². The molecule has 0 spiro atoms. The number of rotatable bonds is 6. The Labute approximate surface area is 215 Å². The van der Waals surface area contributed by atoms with Crippen molar-refractivity contribution in [2.75, 3.05) is 6.61 Å². The van der Waals surface area contributed by atoms with Gasteiger partial charge >= 0.3 is 0 Å². The molecule has 4 rings (SSSR count). The Bertz CT molecular complexity index is 1340. The lowest BCUT2D eigenvalue weighted by Crippen LogP contribution is -2.21. The Balaban J connectivity index is 1.75. The smallest absolute Gasteiger partial charge is 0.205 e. The highest BCUT2D eigenvalue weighted by atomic mass is 79.9. The van der Waals surface area contributed by atoms with Crippen LogP contribution in [0, 0.1) is 11.3 Å². The molecule has 3 aromatic rings. The Morgan fingerprint density at radius 2 is 1.91 bits per heavy atom. The first kappa shape index (κ1) is 24.1. The van der Waals surface area contributed by atoms with Crippen LogP contribution in [0.5, 0.6) is 23.0 Å². The molecule has 1 atom stereocenters. The molecule has 34 heavy (non-hydrogen) atoms. The van der Waals surface area contributed by atoms with Crippen molar-refractivity contribution in [3.63, 3.8) is 0 Å². The van der Waals surface area contributed by atoms with Gasteiger partial charge in [0, 0.05) is 11.6 Å². The molecule has 6 nitrogen and oxygen atoms in total. The zero-order chi connectivity index (χ0) is 24.4. The van der Waals surface area contributed by atoms with Crippen molar-refractivity contribution >= 4 is 39.1 Å². The first-order chi connectivity index (χ1) is 16.3. The molecule has 1 aliphatic heterocycles. The molecule has 174 valence electrons. The molecule has 0 aliphatic carbocycles. The van der Waals surface area contributed by atoms with E-state index in [0.29, 0.717) is 43.9 Å². The van der Waals surface area contributed by atoms with Gasteiger partial charge in [0.05, 0.1) is 27.0 Å². The third kappa shape index (κ3) is 4.76. The van der Waals surface area contributed by atoms with Crippen molar-refractivity contribution in [3.8, 4) is 29.1 Å². The van der Waals surface area contributed by atoms with Crippen LogP contribution in [0.3, 0.4) is 0 Å². The third-order valence-corrected chi connectivity index (χ3v) is 6.56. The number of halogens is 3. The van der Waals surface area contributed by atoms with Crippen LogP contribution in [-0.4, -0.2) is 11.7 Å². The van der Waals surface area contributed by atoms with Crippen LogP contribution in [0.1, 0.15) is 29.5 Å². The largest absolute Gasteiger partial charge is 0.508 e. The summed E-state index contributed by atoms with van der Waals surface area (Å²) in [6.45, 7) is 2.51. The molecule has 3 aromatic carbocycles. The van der Waals surface area contributed by atoms with Gasteiger partial charge in [-0.05, 0) is 64.3 Å². The summed E-state index contributed by atoms with van der Waals surface area (Å²) < 4.78 is 18.2. The summed E-state index contributed by atoms with van der Waals surface area (Å²) in [7, 11) is 0.